The fourth-order valence-corrected chi connectivity index (χ4v) is 2.47. The Hall–Kier alpha value is -1.39. The van der Waals surface area contributed by atoms with Gasteiger partial charge in [0.2, 0.25) is 0 Å². The number of hydrogen-bond acceptors (Lipinski definition) is 2. The number of para-hydroxylation sites is 1. The van der Waals surface area contributed by atoms with Gasteiger partial charge in [0, 0.05) is 12.1 Å². The minimum absolute atomic E-state index is 0.169. The van der Waals surface area contributed by atoms with Crippen LogP contribution < -0.4 is 10.1 Å². The van der Waals surface area contributed by atoms with Crippen molar-refractivity contribution in [3.63, 3.8) is 0 Å². The quantitative estimate of drug-likeness (QED) is 0.928. The molecule has 2 aromatic rings. The number of nitrogens with one attached hydrogen (secondary N) is 1. The SMILES string of the molecule is Fc1cc(CNC2COc3ccccc32)ccc1Br. The molecule has 1 heterocycles. The molecular formula is C15H13BrFNO. The summed E-state index contributed by atoms with van der Waals surface area (Å²) in [5.41, 5.74) is 2.09. The van der Waals surface area contributed by atoms with Gasteiger partial charge in [-0.3, -0.25) is 0 Å². The van der Waals surface area contributed by atoms with Gasteiger partial charge in [-0.2, -0.15) is 0 Å². The van der Waals surface area contributed by atoms with E-state index in [0.717, 1.165) is 11.3 Å². The third-order valence-electron chi connectivity index (χ3n) is 3.24. The molecule has 98 valence electrons. The Balaban J connectivity index is 1.69. The zero-order chi connectivity index (χ0) is 13.2. The van der Waals surface area contributed by atoms with Crippen molar-refractivity contribution in [1.29, 1.82) is 0 Å². The van der Waals surface area contributed by atoms with E-state index in [9.17, 15) is 4.39 Å². The fraction of sp³-hybridized carbons (Fsp3) is 0.200. The second kappa shape index (κ2) is 5.31. The van der Waals surface area contributed by atoms with Crippen molar-refractivity contribution >= 4 is 15.9 Å². The average molecular weight is 322 g/mol. The molecule has 2 aromatic carbocycles. The molecule has 0 saturated heterocycles. The molecule has 1 unspecified atom stereocenters. The van der Waals surface area contributed by atoms with Gasteiger partial charge in [0.05, 0.1) is 10.5 Å². The van der Waals surface area contributed by atoms with E-state index in [4.69, 9.17) is 4.74 Å². The normalized spacial score (nSPS) is 17.1. The van der Waals surface area contributed by atoms with Crippen LogP contribution in [0.25, 0.3) is 0 Å². The van der Waals surface area contributed by atoms with Gasteiger partial charge in [-0.25, -0.2) is 4.39 Å². The van der Waals surface area contributed by atoms with Crippen molar-refractivity contribution < 1.29 is 9.13 Å². The van der Waals surface area contributed by atoms with Gasteiger partial charge < -0.3 is 10.1 Å². The number of benzene rings is 2. The van der Waals surface area contributed by atoms with E-state index < -0.39 is 0 Å². The largest absolute Gasteiger partial charge is 0.491 e. The van der Waals surface area contributed by atoms with Crippen LogP contribution in [0.15, 0.2) is 46.9 Å². The molecule has 3 rings (SSSR count). The van der Waals surface area contributed by atoms with E-state index in [1.54, 1.807) is 12.1 Å². The summed E-state index contributed by atoms with van der Waals surface area (Å²) in [6, 6.07) is 13.3. The highest BCUT2D eigenvalue weighted by Crippen LogP contribution is 2.31. The summed E-state index contributed by atoms with van der Waals surface area (Å²) < 4.78 is 19.5. The first-order valence-electron chi connectivity index (χ1n) is 6.13. The highest BCUT2D eigenvalue weighted by atomic mass is 79.9. The molecule has 1 atom stereocenters. The Bertz CT molecular complexity index is 602. The number of fused-ring (bicyclic) bond motifs is 1. The van der Waals surface area contributed by atoms with Crippen molar-refractivity contribution in [2.75, 3.05) is 6.61 Å². The molecule has 0 saturated carbocycles. The Labute approximate surface area is 119 Å². The van der Waals surface area contributed by atoms with Crippen molar-refractivity contribution in [1.82, 2.24) is 5.32 Å². The molecule has 0 aromatic heterocycles. The molecule has 0 amide bonds. The van der Waals surface area contributed by atoms with Gasteiger partial charge in [0.15, 0.2) is 0 Å². The van der Waals surface area contributed by atoms with E-state index in [1.165, 1.54) is 5.56 Å². The Morgan fingerprint density at radius 2 is 2.11 bits per heavy atom. The molecule has 0 bridgehead atoms. The maximum Gasteiger partial charge on any atom is 0.137 e. The van der Waals surface area contributed by atoms with Gasteiger partial charge in [-0.05, 0) is 39.7 Å². The van der Waals surface area contributed by atoms with Crippen LogP contribution in [-0.2, 0) is 6.54 Å². The van der Waals surface area contributed by atoms with E-state index >= 15 is 0 Å². The Morgan fingerprint density at radius 1 is 1.26 bits per heavy atom. The van der Waals surface area contributed by atoms with Gasteiger partial charge in [0.1, 0.15) is 18.2 Å². The average Bonchev–Trinajstić information content (AvgIpc) is 2.83. The first-order chi connectivity index (χ1) is 9.24. The lowest BCUT2D eigenvalue weighted by Gasteiger charge is -2.11. The summed E-state index contributed by atoms with van der Waals surface area (Å²) in [7, 11) is 0. The second-order valence-corrected chi connectivity index (χ2v) is 5.39. The molecule has 0 radical (unpaired) electrons. The lowest BCUT2D eigenvalue weighted by Crippen LogP contribution is -2.22. The topological polar surface area (TPSA) is 21.3 Å². The van der Waals surface area contributed by atoms with Crippen molar-refractivity contribution in [3.05, 3.63) is 63.9 Å². The molecule has 1 aliphatic heterocycles. The Morgan fingerprint density at radius 3 is 2.95 bits per heavy atom. The van der Waals surface area contributed by atoms with Crippen LogP contribution in [0.4, 0.5) is 4.39 Å². The zero-order valence-electron chi connectivity index (χ0n) is 10.2. The van der Waals surface area contributed by atoms with E-state index in [2.05, 4.69) is 27.3 Å². The predicted molar refractivity (Wildman–Crippen MR) is 75.6 cm³/mol. The highest BCUT2D eigenvalue weighted by Gasteiger charge is 2.22. The minimum Gasteiger partial charge on any atom is -0.491 e. The van der Waals surface area contributed by atoms with Crippen LogP contribution in [0, 0.1) is 5.82 Å². The second-order valence-electron chi connectivity index (χ2n) is 4.53. The van der Waals surface area contributed by atoms with Crippen LogP contribution >= 0.6 is 15.9 Å². The monoisotopic (exact) mass is 321 g/mol. The third-order valence-corrected chi connectivity index (χ3v) is 3.88. The number of rotatable bonds is 3. The molecule has 0 spiro atoms. The minimum atomic E-state index is -0.234. The van der Waals surface area contributed by atoms with Gasteiger partial charge in [-0.15, -0.1) is 0 Å². The summed E-state index contributed by atoms with van der Waals surface area (Å²) in [6.45, 7) is 1.24. The lowest BCUT2D eigenvalue weighted by atomic mass is 10.1. The van der Waals surface area contributed by atoms with E-state index in [-0.39, 0.29) is 11.9 Å². The van der Waals surface area contributed by atoms with Crippen LogP contribution in [0.2, 0.25) is 0 Å². The summed E-state index contributed by atoms with van der Waals surface area (Å²) >= 11 is 3.15. The molecule has 0 fully saturated rings. The molecular weight excluding hydrogens is 309 g/mol. The fourth-order valence-electron chi connectivity index (χ4n) is 2.22. The number of halogens is 2. The van der Waals surface area contributed by atoms with Gasteiger partial charge in [-0.1, -0.05) is 24.3 Å². The van der Waals surface area contributed by atoms with Crippen LogP contribution in [0.1, 0.15) is 17.2 Å². The first-order valence-corrected chi connectivity index (χ1v) is 6.92. The predicted octanol–water partition coefficient (Wildman–Crippen LogP) is 3.81. The maximum atomic E-state index is 13.4. The van der Waals surface area contributed by atoms with E-state index in [1.807, 2.05) is 24.3 Å². The first kappa shape index (κ1) is 12.6. The summed E-state index contributed by atoms with van der Waals surface area (Å²) in [6.07, 6.45) is 0. The van der Waals surface area contributed by atoms with Crippen molar-refractivity contribution in [2.24, 2.45) is 0 Å². The molecule has 1 aliphatic rings. The summed E-state index contributed by atoms with van der Waals surface area (Å²) in [5, 5.41) is 3.39. The van der Waals surface area contributed by atoms with Gasteiger partial charge in [0.25, 0.3) is 0 Å². The molecule has 1 N–H and O–H groups in total. The highest BCUT2D eigenvalue weighted by molar-refractivity contribution is 9.10. The molecule has 19 heavy (non-hydrogen) atoms. The number of hydrogen-bond donors (Lipinski definition) is 1. The summed E-state index contributed by atoms with van der Waals surface area (Å²) in [4.78, 5) is 0. The molecule has 0 aliphatic carbocycles. The smallest absolute Gasteiger partial charge is 0.137 e. The van der Waals surface area contributed by atoms with Crippen molar-refractivity contribution in [2.45, 2.75) is 12.6 Å². The lowest BCUT2D eigenvalue weighted by molar-refractivity contribution is 0.310. The van der Waals surface area contributed by atoms with Gasteiger partial charge >= 0.3 is 0 Å². The van der Waals surface area contributed by atoms with Crippen molar-refractivity contribution in [3.8, 4) is 5.75 Å². The van der Waals surface area contributed by atoms with Crippen LogP contribution in [0.3, 0.4) is 0 Å². The van der Waals surface area contributed by atoms with Crippen LogP contribution in [-0.4, -0.2) is 6.61 Å². The zero-order valence-corrected chi connectivity index (χ0v) is 11.8. The molecule has 2 nitrogen and oxygen atoms in total. The number of ether oxygens (including phenoxy) is 1. The molecule has 4 heteroatoms. The van der Waals surface area contributed by atoms with Crippen LogP contribution in [0.5, 0.6) is 5.75 Å². The van der Waals surface area contributed by atoms with E-state index in [0.29, 0.717) is 17.6 Å². The Kier molecular flexibility index (Phi) is 3.53. The third kappa shape index (κ3) is 2.65. The summed E-state index contributed by atoms with van der Waals surface area (Å²) in [5.74, 6) is 0.698. The standard InChI is InChI=1S/C15H13BrFNO/c16-12-6-5-10(7-13(12)17)8-18-14-9-19-15-4-2-1-3-11(14)15/h1-7,14,18H,8-9H2. The maximum absolute atomic E-state index is 13.4.